The predicted octanol–water partition coefficient (Wildman–Crippen LogP) is 2.77. The molecule has 1 atom stereocenters. The molecule has 4 heteroatoms. The van der Waals surface area contributed by atoms with E-state index in [1.54, 1.807) is 18.2 Å². The molecule has 0 aliphatic heterocycles. The Labute approximate surface area is 92.8 Å². The first-order valence-electron chi connectivity index (χ1n) is 4.44. The second-order valence-electron chi connectivity index (χ2n) is 3.23. The van der Waals surface area contributed by atoms with Gasteiger partial charge >= 0.3 is 5.97 Å². The Hall–Kier alpha value is -1.03. The monoisotopic (exact) mass is 228 g/mol. The molecular formula is C11H13FO2S. The number of thioether (sulfide) groups is 1. The molecule has 0 radical (unpaired) electrons. The number of benzene rings is 1. The lowest BCUT2D eigenvalue weighted by atomic mass is 9.98. The van der Waals surface area contributed by atoms with Gasteiger partial charge in [-0.2, -0.15) is 0 Å². The lowest BCUT2D eigenvalue weighted by molar-refractivity contribution is -0.154. The van der Waals surface area contributed by atoms with Crippen LogP contribution >= 0.6 is 11.8 Å². The SMILES string of the molecule is COC(=O)C(C)(F)c1cccc(SC)c1. The average Bonchev–Trinajstić information content (AvgIpc) is 2.27. The molecule has 1 unspecified atom stereocenters. The van der Waals surface area contributed by atoms with Crippen molar-refractivity contribution in [1.82, 2.24) is 0 Å². The highest BCUT2D eigenvalue weighted by molar-refractivity contribution is 7.98. The van der Waals surface area contributed by atoms with Gasteiger partial charge in [0.1, 0.15) is 0 Å². The van der Waals surface area contributed by atoms with Crippen LogP contribution in [0.25, 0.3) is 0 Å². The lowest BCUT2D eigenvalue weighted by Gasteiger charge is -2.18. The van der Waals surface area contributed by atoms with Crippen LogP contribution in [0.1, 0.15) is 12.5 Å². The molecule has 2 nitrogen and oxygen atoms in total. The van der Waals surface area contributed by atoms with Crippen molar-refractivity contribution in [2.45, 2.75) is 17.5 Å². The molecule has 1 aromatic rings. The molecule has 0 fully saturated rings. The lowest BCUT2D eigenvalue weighted by Crippen LogP contribution is -2.28. The van der Waals surface area contributed by atoms with Crippen LogP contribution in [-0.2, 0) is 15.2 Å². The minimum absolute atomic E-state index is 0.321. The molecule has 0 N–H and O–H groups in total. The van der Waals surface area contributed by atoms with Crippen LogP contribution in [0, 0.1) is 0 Å². The minimum Gasteiger partial charge on any atom is -0.466 e. The fourth-order valence-electron chi connectivity index (χ4n) is 1.22. The Morgan fingerprint density at radius 2 is 2.20 bits per heavy atom. The summed E-state index contributed by atoms with van der Waals surface area (Å²) in [5.41, 5.74) is -1.76. The normalized spacial score (nSPS) is 14.4. The van der Waals surface area contributed by atoms with Crippen LogP contribution in [0.3, 0.4) is 0 Å². The number of esters is 1. The van der Waals surface area contributed by atoms with Crippen LogP contribution in [0.2, 0.25) is 0 Å². The quantitative estimate of drug-likeness (QED) is 0.588. The molecule has 0 spiro atoms. The highest BCUT2D eigenvalue weighted by Crippen LogP contribution is 2.29. The van der Waals surface area contributed by atoms with Crippen molar-refractivity contribution in [2.24, 2.45) is 0 Å². The van der Waals surface area contributed by atoms with E-state index in [2.05, 4.69) is 4.74 Å². The van der Waals surface area contributed by atoms with Crippen molar-refractivity contribution in [2.75, 3.05) is 13.4 Å². The topological polar surface area (TPSA) is 26.3 Å². The van der Waals surface area contributed by atoms with Gasteiger partial charge in [-0.05, 0) is 25.3 Å². The number of ether oxygens (including phenoxy) is 1. The second-order valence-corrected chi connectivity index (χ2v) is 4.11. The first-order chi connectivity index (χ1) is 7.02. The first-order valence-corrected chi connectivity index (χ1v) is 5.66. The highest BCUT2D eigenvalue weighted by Gasteiger charge is 2.36. The zero-order chi connectivity index (χ0) is 11.5. The van der Waals surface area contributed by atoms with E-state index in [0.29, 0.717) is 5.56 Å². The van der Waals surface area contributed by atoms with E-state index in [1.807, 2.05) is 12.3 Å². The maximum absolute atomic E-state index is 14.0. The van der Waals surface area contributed by atoms with E-state index in [1.165, 1.54) is 25.8 Å². The Kier molecular flexibility index (Phi) is 3.74. The van der Waals surface area contributed by atoms with Crippen LogP contribution in [-0.4, -0.2) is 19.3 Å². The summed E-state index contributed by atoms with van der Waals surface area (Å²) in [6.07, 6.45) is 1.90. The molecule has 0 heterocycles. The maximum atomic E-state index is 14.0. The summed E-state index contributed by atoms with van der Waals surface area (Å²) in [6.45, 7) is 1.21. The number of hydrogen-bond donors (Lipinski definition) is 0. The average molecular weight is 228 g/mol. The summed E-state index contributed by atoms with van der Waals surface area (Å²) in [4.78, 5) is 12.1. The molecule has 1 rings (SSSR count). The predicted molar refractivity (Wildman–Crippen MR) is 58.7 cm³/mol. The smallest absolute Gasteiger partial charge is 0.348 e. The van der Waals surface area contributed by atoms with Crippen LogP contribution in [0.4, 0.5) is 4.39 Å². The van der Waals surface area contributed by atoms with Gasteiger partial charge in [-0.3, -0.25) is 0 Å². The molecule has 0 aromatic heterocycles. The molecular weight excluding hydrogens is 215 g/mol. The Bertz CT molecular complexity index is 363. The van der Waals surface area contributed by atoms with E-state index < -0.39 is 11.6 Å². The van der Waals surface area contributed by atoms with Crippen molar-refractivity contribution in [3.05, 3.63) is 29.8 Å². The molecule has 1 aromatic carbocycles. The van der Waals surface area contributed by atoms with Crippen molar-refractivity contribution in [3.8, 4) is 0 Å². The number of halogens is 1. The standard InChI is InChI=1S/C11H13FO2S/c1-11(12,10(13)14-2)8-5-4-6-9(7-8)15-3/h4-7H,1-3H3. The third-order valence-electron chi connectivity index (χ3n) is 2.18. The summed E-state index contributed by atoms with van der Waals surface area (Å²) in [7, 11) is 1.18. The highest BCUT2D eigenvalue weighted by atomic mass is 32.2. The van der Waals surface area contributed by atoms with Crippen molar-refractivity contribution < 1.29 is 13.9 Å². The third kappa shape index (κ3) is 2.50. The van der Waals surface area contributed by atoms with Crippen LogP contribution in [0.5, 0.6) is 0 Å². The molecule has 82 valence electrons. The van der Waals surface area contributed by atoms with Gasteiger partial charge < -0.3 is 4.74 Å². The number of alkyl halides is 1. The third-order valence-corrected chi connectivity index (χ3v) is 2.91. The number of rotatable bonds is 3. The van der Waals surface area contributed by atoms with Gasteiger partial charge in [-0.1, -0.05) is 12.1 Å². The van der Waals surface area contributed by atoms with Crippen LogP contribution in [0.15, 0.2) is 29.2 Å². The van der Waals surface area contributed by atoms with Gasteiger partial charge in [0.05, 0.1) is 7.11 Å². The zero-order valence-electron chi connectivity index (χ0n) is 8.91. The molecule has 0 saturated carbocycles. The van der Waals surface area contributed by atoms with Crippen molar-refractivity contribution in [3.63, 3.8) is 0 Å². The fraction of sp³-hybridized carbons (Fsp3) is 0.364. The number of carbonyl (C=O) groups excluding carboxylic acids is 1. The Morgan fingerprint density at radius 1 is 1.53 bits per heavy atom. The van der Waals surface area contributed by atoms with E-state index in [0.717, 1.165) is 4.90 Å². The molecule has 0 aliphatic rings. The fourth-order valence-corrected chi connectivity index (χ4v) is 1.68. The summed E-state index contributed by atoms with van der Waals surface area (Å²) < 4.78 is 18.5. The molecule has 0 amide bonds. The van der Waals surface area contributed by atoms with E-state index in [9.17, 15) is 9.18 Å². The Balaban J connectivity index is 3.09. The maximum Gasteiger partial charge on any atom is 0.348 e. The van der Waals surface area contributed by atoms with Crippen LogP contribution < -0.4 is 0 Å². The first kappa shape index (κ1) is 12.0. The van der Waals surface area contributed by atoms with Gasteiger partial charge in [-0.15, -0.1) is 11.8 Å². The molecule has 0 bridgehead atoms. The molecule has 0 aliphatic carbocycles. The minimum atomic E-state index is -2.08. The van der Waals surface area contributed by atoms with Gasteiger partial charge in [0.2, 0.25) is 5.67 Å². The largest absolute Gasteiger partial charge is 0.466 e. The molecule has 15 heavy (non-hydrogen) atoms. The van der Waals surface area contributed by atoms with Gasteiger partial charge in [0.15, 0.2) is 0 Å². The summed E-state index contributed by atoms with van der Waals surface area (Å²) in [5, 5.41) is 0. The van der Waals surface area contributed by atoms with E-state index in [4.69, 9.17) is 0 Å². The Morgan fingerprint density at radius 3 is 2.73 bits per heavy atom. The van der Waals surface area contributed by atoms with Gasteiger partial charge in [0, 0.05) is 10.5 Å². The summed E-state index contributed by atoms with van der Waals surface area (Å²) >= 11 is 1.50. The number of methoxy groups -OCH3 is 1. The summed E-state index contributed by atoms with van der Waals surface area (Å²) in [6, 6.07) is 6.82. The van der Waals surface area contributed by atoms with Crippen molar-refractivity contribution >= 4 is 17.7 Å². The number of carbonyl (C=O) groups is 1. The van der Waals surface area contributed by atoms with Gasteiger partial charge in [-0.25, -0.2) is 9.18 Å². The number of hydrogen-bond acceptors (Lipinski definition) is 3. The second kappa shape index (κ2) is 4.66. The molecule has 0 saturated heterocycles. The van der Waals surface area contributed by atoms with E-state index in [-0.39, 0.29) is 0 Å². The van der Waals surface area contributed by atoms with Gasteiger partial charge in [0.25, 0.3) is 0 Å². The zero-order valence-corrected chi connectivity index (χ0v) is 9.73. The summed E-state index contributed by atoms with van der Waals surface area (Å²) in [5.74, 6) is -0.874. The van der Waals surface area contributed by atoms with Crippen molar-refractivity contribution in [1.29, 1.82) is 0 Å². The van der Waals surface area contributed by atoms with E-state index >= 15 is 0 Å².